The van der Waals surface area contributed by atoms with Gasteiger partial charge in [0.15, 0.2) is 0 Å². The zero-order chi connectivity index (χ0) is 18.4. The fourth-order valence-corrected chi connectivity index (χ4v) is 5.12. The van der Waals surface area contributed by atoms with Crippen molar-refractivity contribution in [2.75, 3.05) is 13.1 Å². The number of fused-ring (bicyclic) bond motifs is 1. The first-order chi connectivity index (χ1) is 13.1. The lowest BCUT2D eigenvalue weighted by atomic mass is 9.61. The van der Waals surface area contributed by atoms with Gasteiger partial charge < -0.3 is 15.2 Å². The SMILES string of the molecule is Fc1ccc(-c2cn3c(n2)CCC(NC2CCNCC24CCC4)C3)c(F)c1. The number of nitrogens with one attached hydrogen (secondary N) is 2. The Bertz CT molecular complexity index is 843. The van der Waals surface area contributed by atoms with Crippen LogP contribution in [0.5, 0.6) is 0 Å². The molecule has 1 saturated heterocycles. The van der Waals surface area contributed by atoms with Crippen molar-refractivity contribution in [2.24, 2.45) is 5.41 Å². The highest BCUT2D eigenvalue weighted by Gasteiger charge is 2.45. The van der Waals surface area contributed by atoms with E-state index in [1.165, 1.54) is 37.8 Å². The topological polar surface area (TPSA) is 41.9 Å². The van der Waals surface area contributed by atoms with E-state index < -0.39 is 11.6 Å². The largest absolute Gasteiger partial charge is 0.333 e. The molecule has 3 aliphatic rings. The number of piperidine rings is 1. The standard InChI is InChI=1S/C21H26F2N4/c22-14-2-4-16(17(23)10-14)18-12-27-11-15(3-5-20(27)26-18)25-19-6-9-24-13-21(19)7-1-8-21/h2,4,10,12,15,19,24-25H,1,3,5-9,11,13H2. The summed E-state index contributed by atoms with van der Waals surface area (Å²) in [6.45, 7) is 3.10. The van der Waals surface area contributed by atoms with E-state index in [0.717, 1.165) is 44.4 Å². The summed E-state index contributed by atoms with van der Waals surface area (Å²) in [7, 11) is 0. The Balaban J connectivity index is 1.32. The molecule has 1 aromatic heterocycles. The minimum atomic E-state index is -0.559. The zero-order valence-corrected chi connectivity index (χ0v) is 15.5. The molecule has 1 aliphatic carbocycles. The normalized spacial score (nSPS) is 26.6. The molecule has 0 amide bonds. The van der Waals surface area contributed by atoms with Gasteiger partial charge in [-0.05, 0) is 49.8 Å². The molecule has 5 rings (SSSR count). The minimum absolute atomic E-state index is 0.370. The minimum Gasteiger partial charge on any atom is -0.333 e. The van der Waals surface area contributed by atoms with E-state index >= 15 is 0 Å². The quantitative estimate of drug-likeness (QED) is 0.869. The second-order valence-electron chi connectivity index (χ2n) is 8.46. The zero-order valence-electron chi connectivity index (χ0n) is 15.5. The Morgan fingerprint density at radius 1 is 1.22 bits per heavy atom. The Morgan fingerprint density at radius 2 is 2.11 bits per heavy atom. The number of aromatic nitrogens is 2. The van der Waals surface area contributed by atoms with Crippen molar-refractivity contribution >= 4 is 0 Å². The molecule has 3 heterocycles. The summed E-state index contributed by atoms with van der Waals surface area (Å²) in [6, 6.07) is 4.71. The van der Waals surface area contributed by atoms with Gasteiger partial charge in [-0.2, -0.15) is 0 Å². The second-order valence-corrected chi connectivity index (χ2v) is 8.46. The third-order valence-electron chi connectivity index (χ3n) is 6.81. The number of hydrogen-bond donors (Lipinski definition) is 2. The van der Waals surface area contributed by atoms with Gasteiger partial charge in [-0.25, -0.2) is 13.8 Å². The molecule has 2 N–H and O–H groups in total. The number of aryl methyl sites for hydroxylation is 1. The average molecular weight is 372 g/mol. The molecule has 2 aliphatic heterocycles. The first-order valence-electron chi connectivity index (χ1n) is 10.1. The average Bonchev–Trinajstić information content (AvgIpc) is 3.03. The fourth-order valence-electron chi connectivity index (χ4n) is 5.12. The molecule has 0 radical (unpaired) electrons. The first kappa shape index (κ1) is 17.3. The maximum Gasteiger partial charge on any atom is 0.135 e. The number of benzene rings is 1. The molecule has 1 saturated carbocycles. The van der Waals surface area contributed by atoms with Crippen LogP contribution in [0.1, 0.15) is 37.9 Å². The molecular weight excluding hydrogens is 346 g/mol. The molecule has 2 aromatic rings. The van der Waals surface area contributed by atoms with Crippen molar-refractivity contribution in [3.63, 3.8) is 0 Å². The van der Waals surface area contributed by atoms with Crippen LogP contribution in [-0.2, 0) is 13.0 Å². The Hall–Kier alpha value is -1.79. The van der Waals surface area contributed by atoms with Crippen molar-refractivity contribution in [2.45, 2.75) is 57.2 Å². The van der Waals surface area contributed by atoms with E-state index in [0.29, 0.717) is 28.8 Å². The number of hydrogen-bond acceptors (Lipinski definition) is 3. The van der Waals surface area contributed by atoms with E-state index in [4.69, 9.17) is 0 Å². The van der Waals surface area contributed by atoms with Gasteiger partial charge in [0.2, 0.25) is 0 Å². The van der Waals surface area contributed by atoms with Gasteiger partial charge in [-0.15, -0.1) is 0 Å². The van der Waals surface area contributed by atoms with Crippen LogP contribution in [0.15, 0.2) is 24.4 Å². The third-order valence-corrected chi connectivity index (χ3v) is 6.81. The predicted molar refractivity (Wildman–Crippen MR) is 100 cm³/mol. The van der Waals surface area contributed by atoms with Gasteiger partial charge in [0, 0.05) is 49.4 Å². The lowest BCUT2D eigenvalue weighted by Crippen LogP contribution is -2.61. The molecule has 6 heteroatoms. The van der Waals surface area contributed by atoms with Crippen LogP contribution < -0.4 is 10.6 Å². The van der Waals surface area contributed by atoms with Gasteiger partial charge in [-0.1, -0.05) is 6.42 Å². The summed E-state index contributed by atoms with van der Waals surface area (Å²) >= 11 is 0. The van der Waals surface area contributed by atoms with Crippen LogP contribution in [0.2, 0.25) is 0 Å². The highest BCUT2D eigenvalue weighted by molar-refractivity contribution is 5.59. The van der Waals surface area contributed by atoms with Crippen LogP contribution in [0.25, 0.3) is 11.3 Å². The molecule has 1 spiro atoms. The lowest BCUT2D eigenvalue weighted by molar-refractivity contribution is 0.0390. The summed E-state index contributed by atoms with van der Waals surface area (Å²) in [5.74, 6) is -0.117. The van der Waals surface area contributed by atoms with Crippen LogP contribution in [0.4, 0.5) is 8.78 Å². The summed E-state index contributed by atoms with van der Waals surface area (Å²) in [5.41, 5.74) is 1.42. The van der Waals surface area contributed by atoms with Crippen LogP contribution in [0.3, 0.4) is 0 Å². The van der Waals surface area contributed by atoms with Crippen LogP contribution in [0, 0.1) is 17.0 Å². The summed E-state index contributed by atoms with van der Waals surface area (Å²) in [6.07, 6.45) is 9.06. The molecule has 27 heavy (non-hydrogen) atoms. The number of rotatable bonds is 3. The van der Waals surface area contributed by atoms with E-state index in [2.05, 4.69) is 20.2 Å². The van der Waals surface area contributed by atoms with Gasteiger partial charge in [0.05, 0.1) is 5.69 Å². The van der Waals surface area contributed by atoms with Gasteiger partial charge in [0.25, 0.3) is 0 Å². The van der Waals surface area contributed by atoms with Crippen molar-refractivity contribution < 1.29 is 8.78 Å². The van der Waals surface area contributed by atoms with Gasteiger partial charge >= 0.3 is 0 Å². The maximum atomic E-state index is 14.1. The fraction of sp³-hybridized carbons (Fsp3) is 0.571. The number of nitrogens with zero attached hydrogens (tertiary/aromatic N) is 2. The third kappa shape index (κ3) is 3.09. The molecule has 1 aromatic carbocycles. The number of halogens is 2. The van der Waals surface area contributed by atoms with Gasteiger partial charge in [0.1, 0.15) is 17.5 Å². The predicted octanol–water partition coefficient (Wildman–Crippen LogP) is 3.26. The number of imidazole rings is 1. The van der Waals surface area contributed by atoms with E-state index in [9.17, 15) is 8.78 Å². The lowest BCUT2D eigenvalue weighted by Gasteiger charge is -2.52. The van der Waals surface area contributed by atoms with Crippen LogP contribution in [-0.4, -0.2) is 34.7 Å². The Kier molecular flexibility index (Phi) is 4.28. The maximum absolute atomic E-state index is 14.1. The van der Waals surface area contributed by atoms with Gasteiger partial charge in [-0.3, -0.25) is 0 Å². The van der Waals surface area contributed by atoms with Crippen molar-refractivity contribution in [3.05, 3.63) is 41.9 Å². The molecule has 144 valence electrons. The Morgan fingerprint density at radius 3 is 2.89 bits per heavy atom. The molecular formula is C21H26F2N4. The van der Waals surface area contributed by atoms with Crippen molar-refractivity contribution in [1.82, 2.24) is 20.2 Å². The highest BCUT2D eigenvalue weighted by Crippen LogP contribution is 2.46. The van der Waals surface area contributed by atoms with Crippen molar-refractivity contribution in [1.29, 1.82) is 0 Å². The van der Waals surface area contributed by atoms with E-state index in [1.807, 2.05) is 6.20 Å². The molecule has 2 fully saturated rings. The molecule has 2 atom stereocenters. The smallest absolute Gasteiger partial charge is 0.135 e. The van der Waals surface area contributed by atoms with Crippen molar-refractivity contribution in [3.8, 4) is 11.3 Å². The molecule has 4 nitrogen and oxygen atoms in total. The monoisotopic (exact) mass is 372 g/mol. The summed E-state index contributed by atoms with van der Waals surface area (Å²) in [5, 5.41) is 7.52. The summed E-state index contributed by atoms with van der Waals surface area (Å²) < 4.78 is 29.4. The molecule has 0 bridgehead atoms. The van der Waals surface area contributed by atoms with E-state index in [1.54, 1.807) is 0 Å². The van der Waals surface area contributed by atoms with E-state index in [-0.39, 0.29) is 0 Å². The summed E-state index contributed by atoms with van der Waals surface area (Å²) in [4.78, 5) is 4.61. The molecule has 2 unspecified atom stereocenters. The first-order valence-corrected chi connectivity index (χ1v) is 10.1. The highest BCUT2D eigenvalue weighted by atomic mass is 19.1. The van der Waals surface area contributed by atoms with Crippen LogP contribution >= 0.6 is 0 Å². The Labute approximate surface area is 158 Å². The second kappa shape index (κ2) is 6.67.